The maximum atomic E-state index is 9.14. The van der Waals surface area contributed by atoms with Crippen LogP contribution in [0.4, 0.5) is 5.82 Å². The van der Waals surface area contributed by atoms with Crippen LogP contribution < -0.4 is 10.1 Å². The standard InChI is InChI=1S/C15H19Cl2N3O2/c1-9-10(2)19-20(4-5-21)15(9)18-8-11-6-12(16)7-13(17)14(11)22-3/h6-7,18,21H,4-5,8H2,1-3H3. The number of halogens is 2. The van der Waals surface area contributed by atoms with Crippen molar-refractivity contribution in [3.8, 4) is 5.75 Å². The minimum Gasteiger partial charge on any atom is -0.495 e. The van der Waals surface area contributed by atoms with Crippen LogP contribution in [0.1, 0.15) is 16.8 Å². The fraction of sp³-hybridized carbons (Fsp3) is 0.400. The summed E-state index contributed by atoms with van der Waals surface area (Å²) in [5.41, 5.74) is 2.82. The van der Waals surface area contributed by atoms with Crippen molar-refractivity contribution in [3.05, 3.63) is 39.0 Å². The Balaban J connectivity index is 2.27. The first-order valence-electron chi connectivity index (χ1n) is 6.88. The number of aliphatic hydroxyl groups is 1. The molecule has 22 heavy (non-hydrogen) atoms. The van der Waals surface area contributed by atoms with Crippen molar-refractivity contribution in [1.82, 2.24) is 9.78 Å². The fourth-order valence-corrected chi connectivity index (χ4v) is 2.92. The molecule has 0 aliphatic carbocycles. The maximum Gasteiger partial charge on any atom is 0.142 e. The fourth-order valence-electron chi connectivity index (χ4n) is 2.30. The number of benzene rings is 1. The molecule has 0 bridgehead atoms. The molecule has 1 heterocycles. The predicted octanol–water partition coefficient (Wildman–Crippen LogP) is 3.42. The van der Waals surface area contributed by atoms with E-state index in [1.54, 1.807) is 17.9 Å². The van der Waals surface area contributed by atoms with Gasteiger partial charge in [0, 0.05) is 22.7 Å². The van der Waals surface area contributed by atoms with Gasteiger partial charge in [-0.2, -0.15) is 5.10 Å². The van der Waals surface area contributed by atoms with E-state index >= 15 is 0 Å². The van der Waals surface area contributed by atoms with E-state index in [2.05, 4.69) is 10.4 Å². The molecule has 0 amide bonds. The molecule has 7 heteroatoms. The number of aromatic nitrogens is 2. The molecule has 120 valence electrons. The molecule has 0 unspecified atom stereocenters. The second-order valence-corrected chi connectivity index (χ2v) is 5.78. The number of ether oxygens (including phenoxy) is 1. The number of rotatable bonds is 6. The molecule has 0 fully saturated rings. The SMILES string of the molecule is COc1c(Cl)cc(Cl)cc1CNc1c(C)c(C)nn1CCO. The van der Waals surface area contributed by atoms with Crippen LogP contribution >= 0.6 is 23.2 Å². The zero-order chi connectivity index (χ0) is 16.3. The lowest BCUT2D eigenvalue weighted by molar-refractivity contribution is 0.270. The van der Waals surface area contributed by atoms with Gasteiger partial charge in [-0.25, -0.2) is 4.68 Å². The molecular weight excluding hydrogens is 325 g/mol. The smallest absolute Gasteiger partial charge is 0.142 e. The van der Waals surface area contributed by atoms with Crippen molar-refractivity contribution in [2.45, 2.75) is 26.9 Å². The monoisotopic (exact) mass is 343 g/mol. The predicted molar refractivity (Wildman–Crippen MR) is 89.1 cm³/mol. The highest BCUT2D eigenvalue weighted by Gasteiger charge is 2.14. The first kappa shape index (κ1) is 16.9. The van der Waals surface area contributed by atoms with Crippen LogP contribution in [0.3, 0.4) is 0 Å². The van der Waals surface area contributed by atoms with Gasteiger partial charge in [-0.05, 0) is 26.0 Å². The normalized spacial score (nSPS) is 10.8. The molecule has 5 nitrogen and oxygen atoms in total. The quantitative estimate of drug-likeness (QED) is 0.843. The highest BCUT2D eigenvalue weighted by Crippen LogP contribution is 2.33. The third-order valence-electron chi connectivity index (χ3n) is 3.47. The molecule has 1 aromatic heterocycles. The lowest BCUT2D eigenvalue weighted by Crippen LogP contribution is -2.11. The van der Waals surface area contributed by atoms with Crippen molar-refractivity contribution in [2.24, 2.45) is 0 Å². The van der Waals surface area contributed by atoms with Crippen molar-refractivity contribution < 1.29 is 9.84 Å². The number of nitrogens with zero attached hydrogens (tertiary/aromatic N) is 2. The van der Waals surface area contributed by atoms with Crippen molar-refractivity contribution in [1.29, 1.82) is 0 Å². The van der Waals surface area contributed by atoms with E-state index in [0.29, 0.717) is 28.9 Å². The first-order valence-corrected chi connectivity index (χ1v) is 7.64. The Morgan fingerprint density at radius 1 is 1.32 bits per heavy atom. The van der Waals surface area contributed by atoms with Crippen LogP contribution in [0.2, 0.25) is 10.0 Å². The lowest BCUT2D eigenvalue weighted by atomic mass is 10.2. The molecular formula is C15H19Cl2N3O2. The Kier molecular flexibility index (Phi) is 5.56. The van der Waals surface area contributed by atoms with E-state index < -0.39 is 0 Å². The van der Waals surface area contributed by atoms with Crippen molar-refractivity contribution in [3.63, 3.8) is 0 Å². The molecule has 0 spiro atoms. The average Bonchev–Trinajstić information content (AvgIpc) is 2.72. The van der Waals surface area contributed by atoms with E-state index in [1.807, 2.05) is 19.9 Å². The summed E-state index contributed by atoms with van der Waals surface area (Å²) in [6, 6.07) is 3.46. The molecule has 2 aromatic rings. The average molecular weight is 344 g/mol. The van der Waals surface area contributed by atoms with E-state index in [1.165, 1.54) is 0 Å². The highest BCUT2D eigenvalue weighted by molar-refractivity contribution is 6.35. The topological polar surface area (TPSA) is 59.3 Å². The van der Waals surface area contributed by atoms with Gasteiger partial charge in [0.05, 0.1) is 31.0 Å². The highest BCUT2D eigenvalue weighted by atomic mass is 35.5. The van der Waals surface area contributed by atoms with Gasteiger partial charge >= 0.3 is 0 Å². The van der Waals surface area contributed by atoms with Crippen LogP contribution in [0.5, 0.6) is 5.75 Å². The number of nitrogens with one attached hydrogen (secondary N) is 1. The molecule has 2 N–H and O–H groups in total. The van der Waals surface area contributed by atoms with Gasteiger partial charge in [-0.3, -0.25) is 0 Å². The zero-order valence-electron chi connectivity index (χ0n) is 12.8. The Morgan fingerprint density at radius 2 is 2.05 bits per heavy atom. The number of aryl methyl sites for hydroxylation is 1. The molecule has 1 aromatic carbocycles. The van der Waals surface area contributed by atoms with Gasteiger partial charge in [0.15, 0.2) is 0 Å². The van der Waals surface area contributed by atoms with Crippen LogP contribution in [0.25, 0.3) is 0 Å². The van der Waals surface area contributed by atoms with Gasteiger partial charge in [0.2, 0.25) is 0 Å². The number of aliphatic hydroxyl groups excluding tert-OH is 1. The van der Waals surface area contributed by atoms with Gasteiger partial charge < -0.3 is 15.2 Å². The second kappa shape index (κ2) is 7.22. The summed E-state index contributed by atoms with van der Waals surface area (Å²) < 4.78 is 7.09. The Labute approximate surface area is 139 Å². The third kappa shape index (κ3) is 3.48. The zero-order valence-corrected chi connectivity index (χ0v) is 14.3. The largest absolute Gasteiger partial charge is 0.495 e. The van der Waals surface area contributed by atoms with E-state index in [4.69, 9.17) is 33.0 Å². The lowest BCUT2D eigenvalue weighted by Gasteiger charge is -2.14. The third-order valence-corrected chi connectivity index (χ3v) is 3.97. The summed E-state index contributed by atoms with van der Waals surface area (Å²) in [7, 11) is 1.57. The Bertz CT molecular complexity index is 671. The van der Waals surface area contributed by atoms with Crippen LogP contribution in [0.15, 0.2) is 12.1 Å². The van der Waals surface area contributed by atoms with E-state index in [-0.39, 0.29) is 6.61 Å². The summed E-state index contributed by atoms with van der Waals surface area (Å²) in [4.78, 5) is 0. The van der Waals surface area contributed by atoms with E-state index in [0.717, 1.165) is 22.6 Å². The van der Waals surface area contributed by atoms with Crippen molar-refractivity contribution in [2.75, 3.05) is 19.0 Å². The van der Waals surface area contributed by atoms with Gasteiger partial charge in [-0.1, -0.05) is 23.2 Å². The van der Waals surface area contributed by atoms with Gasteiger partial charge in [0.25, 0.3) is 0 Å². The van der Waals surface area contributed by atoms with Gasteiger partial charge in [0.1, 0.15) is 11.6 Å². The van der Waals surface area contributed by atoms with Crippen LogP contribution in [-0.4, -0.2) is 28.6 Å². The number of methoxy groups -OCH3 is 1. The summed E-state index contributed by atoms with van der Waals surface area (Å²) in [6.45, 7) is 4.87. The van der Waals surface area contributed by atoms with Crippen LogP contribution in [-0.2, 0) is 13.1 Å². The molecule has 0 saturated carbocycles. The Hall–Kier alpha value is -1.43. The number of hydrogen-bond acceptors (Lipinski definition) is 4. The number of anilines is 1. The summed E-state index contributed by atoms with van der Waals surface area (Å²) >= 11 is 12.2. The van der Waals surface area contributed by atoms with Gasteiger partial charge in [-0.15, -0.1) is 0 Å². The van der Waals surface area contributed by atoms with E-state index in [9.17, 15) is 0 Å². The summed E-state index contributed by atoms with van der Waals surface area (Å²) in [5, 5.41) is 17.9. The minimum atomic E-state index is 0.0293. The summed E-state index contributed by atoms with van der Waals surface area (Å²) in [6.07, 6.45) is 0. The molecule has 0 atom stereocenters. The van der Waals surface area contributed by atoms with Crippen molar-refractivity contribution >= 4 is 29.0 Å². The first-order chi connectivity index (χ1) is 10.5. The molecule has 2 rings (SSSR count). The molecule has 0 aliphatic rings. The number of hydrogen-bond donors (Lipinski definition) is 2. The minimum absolute atomic E-state index is 0.0293. The molecule has 0 aliphatic heterocycles. The molecule has 0 saturated heterocycles. The molecule has 0 radical (unpaired) electrons. The maximum absolute atomic E-state index is 9.14. The second-order valence-electron chi connectivity index (χ2n) is 4.94. The Morgan fingerprint density at radius 3 is 2.68 bits per heavy atom. The summed E-state index contributed by atoms with van der Waals surface area (Å²) in [5.74, 6) is 1.46. The van der Waals surface area contributed by atoms with Crippen LogP contribution in [0, 0.1) is 13.8 Å².